The number of amides is 2. The van der Waals surface area contributed by atoms with Gasteiger partial charge in [0.25, 0.3) is 5.91 Å². The SMILES string of the molecule is CCOc1ccc(OCC(=O)N2CCc3nc(NC(=O)C4CC4)sc3C2)cc1. The molecule has 1 N–H and O–H groups in total. The maximum atomic E-state index is 12.5. The molecule has 0 atom stereocenters. The Bertz CT molecular complexity index is 861. The summed E-state index contributed by atoms with van der Waals surface area (Å²) in [6.07, 6.45) is 2.63. The summed E-state index contributed by atoms with van der Waals surface area (Å²) < 4.78 is 11.0. The number of nitrogens with one attached hydrogen (secondary N) is 1. The zero-order chi connectivity index (χ0) is 19.5. The normalized spacial score (nSPS) is 15.7. The number of hydrogen-bond donors (Lipinski definition) is 1. The van der Waals surface area contributed by atoms with Crippen molar-refractivity contribution in [2.45, 2.75) is 32.7 Å². The summed E-state index contributed by atoms with van der Waals surface area (Å²) in [5, 5.41) is 3.54. The number of hydrogen-bond acceptors (Lipinski definition) is 6. The lowest BCUT2D eigenvalue weighted by Gasteiger charge is -2.26. The average molecular weight is 401 g/mol. The number of carbonyl (C=O) groups excluding carboxylic acids is 2. The third-order valence-corrected chi connectivity index (χ3v) is 5.76. The molecule has 2 amide bonds. The first-order valence-electron chi connectivity index (χ1n) is 9.55. The maximum Gasteiger partial charge on any atom is 0.260 e. The highest BCUT2D eigenvalue weighted by atomic mass is 32.1. The summed E-state index contributed by atoms with van der Waals surface area (Å²) in [5.41, 5.74) is 0.979. The molecule has 148 valence electrons. The van der Waals surface area contributed by atoms with E-state index in [4.69, 9.17) is 9.47 Å². The van der Waals surface area contributed by atoms with Gasteiger partial charge >= 0.3 is 0 Å². The van der Waals surface area contributed by atoms with E-state index in [1.165, 1.54) is 11.3 Å². The molecule has 1 saturated carbocycles. The molecule has 0 bridgehead atoms. The van der Waals surface area contributed by atoms with Gasteiger partial charge < -0.3 is 19.7 Å². The predicted molar refractivity (Wildman–Crippen MR) is 106 cm³/mol. The van der Waals surface area contributed by atoms with Crippen LogP contribution in [0.4, 0.5) is 5.13 Å². The number of nitrogens with zero attached hydrogens (tertiary/aromatic N) is 2. The largest absolute Gasteiger partial charge is 0.494 e. The van der Waals surface area contributed by atoms with E-state index in [1.807, 2.05) is 19.1 Å². The lowest BCUT2D eigenvalue weighted by molar-refractivity contribution is -0.134. The molecule has 0 spiro atoms. The van der Waals surface area contributed by atoms with Crippen molar-refractivity contribution >= 4 is 28.3 Å². The Morgan fingerprint density at radius 1 is 1.21 bits per heavy atom. The van der Waals surface area contributed by atoms with Gasteiger partial charge in [-0.15, -0.1) is 0 Å². The van der Waals surface area contributed by atoms with Crippen molar-refractivity contribution in [2.75, 3.05) is 25.1 Å². The number of thiazole rings is 1. The van der Waals surface area contributed by atoms with Crippen LogP contribution in [-0.2, 0) is 22.6 Å². The van der Waals surface area contributed by atoms with Gasteiger partial charge in [-0.1, -0.05) is 11.3 Å². The van der Waals surface area contributed by atoms with Crippen molar-refractivity contribution in [3.8, 4) is 11.5 Å². The molecule has 1 aromatic carbocycles. The molecule has 1 aliphatic carbocycles. The van der Waals surface area contributed by atoms with Gasteiger partial charge in [0, 0.05) is 23.8 Å². The summed E-state index contributed by atoms with van der Waals surface area (Å²) in [4.78, 5) is 31.8. The highest BCUT2D eigenvalue weighted by Crippen LogP contribution is 2.33. The predicted octanol–water partition coefficient (Wildman–Crippen LogP) is 2.85. The highest BCUT2D eigenvalue weighted by molar-refractivity contribution is 7.15. The number of anilines is 1. The Hall–Kier alpha value is -2.61. The average Bonchev–Trinajstić information content (AvgIpc) is 3.47. The van der Waals surface area contributed by atoms with Crippen LogP contribution in [0.5, 0.6) is 11.5 Å². The van der Waals surface area contributed by atoms with Crippen LogP contribution in [0, 0.1) is 5.92 Å². The Kier molecular flexibility index (Phi) is 5.47. The molecule has 7 nitrogen and oxygen atoms in total. The van der Waals surface area contributed by atoms with Crippen molar-refractivity contribution in [3.63, 3.8) is 0 Å². The second kappa shape index (κ2) is 8.18. The molecule has 0 radical (unpaired) electrons. The number of benzene rings is 1. The van der Waals surface area contributed by atoms with E-state index in [9.17, 15) is 9.59 Å². The third kappa shape index (κ3) is 4.44. The van der Waals surface area contributed by atoms with E-state index < -0.39 is 0 Å². The molecule has 8 heteroatoms. The van der Waals surface area contributed by atoms with E-state index in [-0.39, 0.29) is 24.3 Å². The first-order valence-corrected chi connectivity index (χ1v) is 10.4. The highest BCUT2D eigenvalue weighted by Gasteiger charge is 2.31. The van der Waals surface area contributed by atoms with E-state index in [0.29, 0.717) is 37.0 Å². The Labute approximate surface area is 167 Å². The molecule has 1 fully saturated rings. The van der Waals surface area contributed by atoms with Crippen LogP contribution >= 0.6 is 11.3 Å². The van der Waals surface area contributed by atoms with Crippen molar-refractivity contribution in [1.29, 1.82) is 0 Å². The molecule has 0 saturated heterocycles. The summed E-state index contributed by atoms with van der Waals surface area (Å²) in [6, 6.07) is 7.24. The minimum atomic E-state index is -0.0588. The summed E-state index contributed by atoms with van der Waals surface area (Å²) in [7, 11) is 0. The molecule has 2 aromatic rings. The van der Waals surface area contributed by atoms with Crippen LogP contribution in [0.25, 0.3) is 0 Å². The topological polar surface area (TPSA) is 80.8 Å². The zero-order valence-electron chi connectivity index (χ0n) is 15.8. The van der Waals surface area contributed by atoms with Gasteiger partial charge in [-0.2, -0.15) is 0 Å². The maximum absolute atomic E-state index is 12.5. The van der Waals surface area contributed by atoms with E-state index >= 15 is 0 Å². The number of carbonyl (C=O) groups is 2. The van der Waals surface area contributed by atoms with E-state index in [0.717, 1.165) is 29.2 Å². The fourth-order valence-corrected chi connectivity index (χ4v) is 4.08. The van der Waals surface area contributed by atoms with Crippen molar-refractivity contribution < 1.29 is 19.1 Å². The Balaban J connectivity index is 1.30. The van der Waals surface area contributed by atoms with Gasteiger partial charge in [-0.25, -0.2) is 4.98 Å². The lowest BCUT2D eigenvalue weighted by Crippen LogP contribution is -2.38. The smallest absolute Gasteiger partial charge is 0.260 e. The van der Waals surface area contributed by atoms with E-state index in [1.54, 1.807) is 17.0 Å². The number of rotatable bonds is 7. The minimum absolute atomic E-state index is 0.00656. The van der Waals surface area contributed by atoms with Gasteiger partial charge in [-0.05, 0) is 44.0 Å². The summed E-state index contributed by atoms with van der Waals surface area (Å²) in [5.74, 6) is 1.56. The molecule has 1 aromatic heterocycles. The van der Waals surface area contributed by atoms with Gasteiger partial charge in [0.15, 0.2) is 11.7 Å². The van der Waals surface area contributed by atoms with Gasteiger partial charge in [0.2, 0.25) is 5.91 Å². The third-order valence-electron chi connectivity index (χ3n) is 4.76. The van der Waals surface area contributed by atoms with E-state index in [2.05, 4.69) is 10.3 Å². The quantitative estimate of drug-likeness (QED) is 0.772. The first kappa shape index (κ1) is 18.7. The number of aromatic nitrogens is 1. The van der Waals surface area contributed by atoms with Gasteiger partial charge in [-0.3, -0.25) is 9.59 Å². The lowest BCUT2D eigenvalue weighted by atomic mass is 10.2. The van der Waals surface area contributed by atoms with Crippen LogP contribution in [-0.4, -0.2) is 41.5 Å². The van der Waals surface area contributed by atoms with Crippen LogP contribution in [0.15, 0.2) is 24.3 Å². The second-order valence-electron chi connectivity index (χ2n) is 6.91. The van der Waals surface area contributed by atoms with Gasteiger partial charge in [0.05, 0.1) is 18.8 Å². The van der Waals surface area contributed by atoms with Crippen LogP contribution in [0.1, 0.15) is 30.3 Å². The molecule has 1 aliphatic heterocycles. The van der Waals surface area contributed by atoms with Crippen LogP contribution in [0.3, 0.4) is 0 Å². The summed E-state index contributed by atoms with van der Waals surface area (Å²) in [6.45, 7) is 3.66. The van der Waals surface area contributed by atoms with Crippen LogP contribution < -0.4 is 14.8 Å². The number of fused-ring (bicyclic) bond motifs is 1. The molecule has 4 rings (SSSR count). The van der Waals surface area contributed by atoms with Gasteiger partial charge in [0.1, 0.15) is 11.5 Å². The monoisotopic (exact) mass is 401 g/mol. The Morgan fingerprint density at radius 3 is 2.61 bits per heavy atom. The molecule has 2 aliphatic rings. The van der Waals surface area contributed by atoms with Crippen molar-refractivity contribution in [2.24, 2.45) is 5.92 Å². The second-order valence-corrected chi connectivity index (χ2v) is 7.99. The summed E-state index contributed by atoms with van der Waals surface area (Å²) >= 11 is 1.46. The van der Waals surface area contributed by atoms with Crippen LogP contribution in [0.2, 0.25) is 0 Å². The van der Waals surface area contributed by atoms with Crippen molar-refractivity contribution in [3.05, 3.63) is 34.8 Å². The zero-order valence-corrected chi connectivity index (χ0v) is 16.6. The Morgan fingerprint density at radius 2 is 1.93 bits per heavy atom. The molecule has 28 heavy (non-hydrogen) atoms. The minimum Gasteiger partial charge on any atom is -0.494 e. The standard InChI is InChI=1S/C20H23N3O4S/c1-2-26-14-5-7-15(8-6-14)27-12-18(24)23-10-9-16-17(11-23)28-20(21-16)22-19(25)13-3-4-13/h5-8,13H,2-4,9-12H2,1H3,(H,21,22,25). The molecular formula is C20H23N3O4S. The molecular weight excluding hydrogens is 378 g/mol. The van der Waals surface area contributed by atoms with Crippen molar-refractivity contribution in [1.82, 2.24) is 9.88 Å². The fourth-order valence-electron chi connectivity index (χ4n) is 3.05. The molecule has 0 unspecified atom stereocenters. The fraction of sp³-hybridized carbons (Fsp3) is 0.450. The molecule has 2 heterocycles. The first-order chi connectivity index (χ1) is 13.6. The number of ether oxygens (including phenoxy) is 2.